The Morgan fingerprint density at radius 2 is 2.00 bits per heavy atom. The van der Waals surface area contributed by atoms with Gasteiger partial charge < -0.3 is 16.8 Å². The first-order chi connectivity index (χ1) is 8.54. The molecular weight excluding hydrogens is 298 g/mol. The molecule has 1 aromatic heterocycles. The number of nitrogens with zero attached hydrogens (tertiary/aromatic N) is 2. The molecule has 1 fully saturated rings. The molecule has 0 saturated heterocycles. The summed E-state index contributed by atoms with van der Waals surface area (Å²) in [7, 11) is 0. The molecule has 0 radical (unpaired) electrons. The lowest BCUT2D eigenvalue weighted by molar-refractivity contribution is -0.122. The van der Waals surface area contributed by atoms with E-state index < -0.39 is 0 Å². The summed E-state index contributed by atoms with van der Waals surface area (Å²) in [5.41, 5.74) is 10.9. The number of nitrogens with one attached hydrogen (secondary N) is 1. The van der Waals surface area contributed by atoms with Crippen molar-refractivity contribution in [3.63, 3.8) is 0 Å². The fraction of sp³-hybridized carbons (Fsp3) is 0.545. The van der Waals surface area contributed by atoms with E-state index in [-0.39, 0.29) is 17.9 Å². The highest BCUT2D eigenvalue weighted by molar-refractivity contribution is 9.10. The van der Waals surface area contributed by atoms with Crippen molar-refractivity contribution in [2.75, 3.05) is 11.1 Å². The van der Waals surface area contributed by atoms with E-state index in [4.69, 9.17) is 11.5 Å². The van der Waals surface area contributed by atoms with Crippen molar-refractivity contribution in [2.45, 2.75) is 31.7 Å². The zero-order valence-electron chi connectivity index (χ0n) is 9.90. The van der Waals surface area contributed by atoms with E-state index in [1.807, 2.05) is 0 Å². The monoisotopic (exact) mass is 313 g/mol. The lowest BCUT2D eigenvalue weighted by Gasteiger charge is -2.27. The summed E-state index contributed by atoms with van der Waals surface area (Å²) >= 11 is 3.27. The molecule has 0 aliphatic heterocycles. The van der Waals surface area contributed by atoms with Gasteiger partial charge in [-0.15, -0.1) is 0 Å². The van der Waals surface area contributed by atoms with Crippen LogP contribution in [0.4, 0.5) is 11.8 Å². The molecule has 0 atom stereocenters. The summed E-state index contributed by atoms with van der Waals surface area (Å²) < 4.78 is 0.656. The summed E-state index contributed by atoms with van der Waals surface area (Å²) in [4.78, 5) is 19.4. The molecule has 7 heteroatoms. The first-order valence-corrected chi connectivity index (χ1v) is 6.70. The molecule has 18 heavy (non-hydrogen) atoms. The lowest BCUT2D eigenvalue weighted by Crippen LogP contribution is -2.32. The Hall–Kier alpha value is -1.37. The average Bonchev–Trinajstić information content (AvgIpc) is 2.28. The molecule has 0 spiro atoms. The summed E-state index contributed by atoms with van der Waals surface area (Å²) in [6, 6.07) is 1.92. The van der Waals surface area contributed by atoms with Crippen molar-refractivity contribution in [1.29, 1.82) is 0 Å². The standard InChI is InChI=1S/C11H16BrN5O/c12-8-5-9(13)17-11(16-8)15-7-3-1-6(2-4-7)10(14)18/h5-7H,1-4H2,(H2,14,18)(H3,13,15,16,17). The van der Waals surface area contributed by atoms with E-state index in [2.05, 4.69) is 31.2 Å². The van der Waals surface area contributed by atoms with Gasteiger partial charge in [0.05, 0.1) is 0 Å². The van der Waals surface area contributed by atoms with Crippen molar-refractivity contribution >= 4 is 33.6 Å². The summed E-state index contributed by atoms with van der Waals surface area (Å²) in [6.45, 7) is 0. The highest BCUT2D eigenvalue weighted by Crippen LogP contribution is 2.26. The zero-order chi connectivity index (χ0) is 13.1. The van der Waals surface area contributed by atoms with Gasteiger partial charge in [0.1, 0.15) is 10.4 Å². The van der Waals surface area contributed by atoms with E-state index in [0.717, 1.165) is 25.7 Å². The van der Waals surface area contributed by atoms with Crippen LogP contribution in [-0.4, -0.2) is 21.9 Å². The molecule has 1 aliphatic rings. The van der Waals surface area contributed by atoms with E-state index in [1.54, 1.807) is 6.07 Å². The smallest absolute Gasteiger partial charge is 0.225 e. The largest absolute Gasteiger partial charge is 0.383 e. The molecule has 6 nitrogen and oxygen atoms in total. The zero-order valence-corrected chi connectivity index (χ0v) is 11.5. The predicted octanol–water partition coefficient (Wildman–Crippen LogP) is 1.28. The number of halogens is 1. The Morgan fingerprint density at radius 1 is 1.33 bits per heavy atom. The molecule has 0 aromatic carbocycles. The molecule has 2 rings (SSSR count). The van der Waals surface area contributed by atoms with Crippen molar-refractivity contribution < 1.29 is 4.79 Å². The Morgan fingerprint density at radius 3 is 2.56 bits per heavy atom. The van der Waals surface area contributed by atoms with Crippen LogP contribution in [0.25, 0.3) is 0 Å². The minimum atomic E-state index is -0.198. The van der Waals surface area contributed by atoms with Crippen LogP contribution in [0.15, 0.2) is 10.7 Å². The highest BCUT2D eigenvalue weighted by atomic mass is 79.9. The number of nitrogens with two attached hydrogens (primary N) is 2. The number of carbonyl (C=O) groups excluding carboxylic acids is 1. The minimum absolute atomic E-state index is 0.0107. The van der Waals surface area contributed by atoms with Gasteiger partial charge in [-0.1, -0.05) is 0 Å². The van der Waals surface area contributed by atoms with Crippen LogP contribution >= 0.6 is 15.9 Å². The van der Waals surface area contributed by atoms with E-state index in [1.165, 1.54) is 0 Å². The van der Waals surface area contributed by atoms with E-state index in [9.17, 15) is 4.79 Å². The molecule has 0 unspecified atom stereocenters. The quantitative estimate of drug-likeness (QED) is 0.729. The van der Waals surface area contributed by atoms with Gasteiger partial charge in [-0.3, -0.25) is 4.79 Å². The van der Waals surface area contributed by atoms with Gasteiger partial charge in [-0.05, 0) is 41.6 Å². The number of amides is 1. The van der Waals surface area contributed by atoms with Gasteiger partial charge in [0, 0.05) is 18.0 Å². The van der Waals surface area contributed by atoms with Gasteiger partial charge in [0.15, 0.2) is 0 Å². The summed E-state index contributed by atoms with van der Waals surface area (Å²) in [5, 5.41) is 3.24. The molecule has 5 N–H and O–H groups in total. The van der Waals surface area contributed by atoms with E-state index >= 15 is 0 Å². The van der Waals surface area contributed by atoms with Gasteiger partial charge in [0.25, 0.3) is 0 Å². The molecule has 98 valence electrons. The molecule has 0 bridgehead atoms. The molecule has 1 aromatic rings. The van der Waals surface area contributed by atoms with Gasteiger partial charge >= 0.3 is 0 Å². The highest BCUT2D eigenvalue weighted by Gasteiger charge is 2.24. The maximum absolute atomic E-state index is 11.1. The first-order valence-electron chi connectivity index (χ1n) is 5.90. The third-order valence-corrected chi connectivity index (χ3v) is 3.58. The number of aromatic nitrogens is 2. The third kappa shape index (κ3) is 3.32. The number of hydrogen-bond donors (Lipinski definition) is 3. The fourth-order valence-corrected chi connectivity index (χ4v) is 2.61. The van der Waals surface area contributed by atoms with Gasteiger partial charge in [-0.2, -0.15) is 4.98 Å². The van der Waals surface area contributed by atoms with Gasteiger partial charge in [-0.25, -0.2) is 4.98 Å². The normalized spacial score (nSPS) is 23.6. The number of rotatable bonds is 3. The lowest BCUT2D eigenvalue weighted by atomic mass is 9.86. The number of carbonyl (C=O) groups is 1. The van der Waals surface area contributed by atoms with Crippen molar-refractivity contribution in [1.82, 2.24) is 9.97 Å². The van der Waals surface area contributed by atoms with Crippen LogP contribution < -0.4 is 16.8 Å². The average molecular weight is 314 g/mol. The minimum Gasteiger partial charge on any atom is -0.383 e. The van der Waals surface area contributed by atoms with Crippen LogP contribution in [0.1, 0.15) is 25.7 Å². The van der Waals surface area contributed by atoms with Crippen LogP contribution in [0.5, 0.6) is 0 Å². The Balaban J connectivity index is 1.93. The number of nitrogen functional groups attached to an aromatic ring is 1. The molecule has 1 saturated carbocycles. The number of anilines is 2. The fourth-order valence-electron chi connectivity index (χ4n) is 2.20. The van der Waals surface area contributed by atoms with Crippen molar-refractivity contribution in [2.24, 2.45) is 11.7 Å². The van der Waals surface area contributed by atoms with Crippen molar-refractivity contribution in [3.8, 4) is 0 Å². The molecular formula is C11H16BrN5O. The van der Waals surface area contributed by atoms with Crippen molar-refractivity contribution in [3.05, 3.63) is 10.7 Å². The topological polar surface area (TPSA) is 107 Å². The Bertz CT molecular complexity index is 425. The SMILES string of the molecule is NC(=O)C1CCC(Nc2nc(N)cc(Br)n2)CC1. The Kier molecular flexibility index (Phi) is 4.00. The van der Waals surface area contributed by atoms with Gasteiger partial charge in [0.2, 0.25) is 11.9 Å². The van der Waals surface area contributed by atoms with Crippen LogP contribution in [0.2, 0.25) is 0 Å². The summed E-state index contributed by atoms with van der Waals surface area (Å²) in [5.74, 6) is 0.752. The van der Waals surface area contributed by atoms with Crippen LogP contribution in [0.3, 0.4) is 0 Å². The maximum atomic E-state index is 11.1. The second kappa shape index (κ2) is 5.51. The van der Waals surface area contributed by atoms with E-state index in [0.29, 0.717) is 16.4 Å². The first kappa shape index (κ1) is 13.1. The Labute approximate surface area is 114 Å². The molecule has 1 aliphatic carbocycles. The van der Waals surface area contributed by atoms with Crippen LogP contribution in [-0.2, 0) is 4.79 Å². The summed E-state index contributed by atoms with van der Waals surface area (Å²) in [6.07, 6.45) is 3.42. The number of primary amides is 1. The second-order valence-corrected chi connectivity index (χ2v) is 5.35. The third-order valence-electron chi connectivity index (χ3n) is 3.18. The molecule has 1 heterocycles. The molecule has 1 amide bonds. The second-order valence-electron chi connectivity index (χ2n) is 4.53. The predicted molar refractivity (Wildman–Crippen MR) is 72.7 cm³/mol. The maximum Gasteiger partial charge on any atom is 0.225 e. The van der Waals surface area contributed by atoms with Crippen LogP contribution in [0, 0.1) is 5.92 Å². The number of hydrogen-bond acceptors (Lipinski definition) is 5.